The average Bonchev–Trinajstić information content (AvgIpc) is 3.39. The number of carbonyl (C=O) groups is 3. The number of hydrogen-bond acceptors (Lipinski definition) is 5. The molecule has 4 aliphatic rings. The molecule has 4 heterocycles. The van der Waals surface area contributed by atoms with E-state index in [1.807, 2.05) is 18.2 Å². The SMILES string of the molecule is CCc1cccc2c1NC(=O)C21C2C(=O)N(CCOC)C(=O)C2C2CCCN21. The Morgan fingerprint density at radius 3 is 2.82 bits per heavy atom. The Balaban J connectivity index is 1.69. The molecule has 0 saturated carbocycles. The summed E-state index contributed by atoms with van der Waals surface area (Å²) in [5.74, 6) is -1.64. The second kappa shape index (κ2) is 6.12. The Kier molecular flexibility index (Phi) is 3.90. The van der Waals surface area contributed by atoms with E-state index in [2.05, 4.69) is 17.1 Å². The third-order valence-corrected chi connectivity index (χ3v) is 7.11. The molecule has 148 valence electrons. The Labute approximate surface area is 164 Å². The van der Waals surface area contributed by atoms with E-state index in [1.165, 1.54) is 4.90 Å². The van der Waals surface area contributed by atoms with Crippen molar-refractivity contribution in [2.75, 3.05) is 32.1 Å². The van der Waals surface area contributed by atoms with E-state index in [4.69, 9.17) is 4.74 Å². The normalized spacial score (nSPS) is 33.6. The van der Waals surface area contributed by atoms with Crippen molar-refractivity contribution in [1.82, 2.24) is 9.80 Å². The molecule has 4 unspecified atom stereocenters. The Morgan fingerprint density at radius 2 is 2.07 bits per heavy atom. The van der Waals surface area contributed by atoms with Gasteiger partial charge in [-0.1, -0.05) is 25.1 Å². The molecule has 1 spiro atoms. The van der Waals surface area contributed by atoms with Crippen molar-refractivity contribution in [3.05, 3.63) is 29.3 Å². The molecule has 0 aromatic heterocycles. The zero-order valence-electron chi connectivity index (χ0n) is 16.2. The van der Waals surface area contributed by atoms with E-state index in [9.17, 15) is 14.4 Å². The summed E-state index contributed by atoms with van der Waals surface area (Å²) in [6, 6.07) is 5.87. The van der Waals surface area contributed by atoms with Gasteiger partial charge >= 0.3 is 0 Å². The molecule has 1 aromatic carbocycles. The Morgan fingerprint density at radius 1 is 1.25 bits per heavy atom. The first kappa shape index (κ1) is 17.8. The molecule has 3 fully saturated rings. The van der Waals surface area contributed by atoms with Crippen LogP contribution < -0.4 is 5.32 Å². The largest absolute Gasteiger partial charge is 0.383 e. The van der Waals surface area contributed by atoms with E-state index < -0.39 is 17.4 Å². The van der Waals surface area contributed by atoms with Crippen LogP contribution in [0.1, 0.15) is 30.9 Å². The van der Waals surface area contributed by atoms with Gasteiger partial charge in [0, 0.05) is 24.4 Å². The molecular formula is C21H25N3O4. The minimum absolute atomic E-state index is 0.0593. The Bertz CT molecular complexity index is 884. The lowest BCUT2D eigenvalue weighted by Gasteiger charge is -2.36. The first-order valence-electron chi connectivity index (χ1n) is 10.1. The van der Waals surface area contributed by atoms with Gasteiger partial charge in [0.2, 0.25) is 17.7 Å². The summed E-state index contributed by atoms with van der Waals surface area (Å²) >= 11 is 0. The molecule has 7 nitrogen and oxygen atoms in total. The average molecular weight is 383 g/mol. The highest BCUT2D eigenvalue weighted by Gasteiger charge is 2.74. The second-order valence-corrected chi connectivity index (χ2v) is 8.14. The number of methoxy groups -OCH3 is 1. The molecule has 1 aromatic rings. The lowest BCUT2D eigenvalue weighted by atomic mass is 9.75. The summed E-state index contributed by atoms with van der Waals surface area (Å²) in [5.41, 5.74) is 1.69. The van der Waals surface area contributed by atoms with Crippen molar-refractivity contribution in [2.45, 2.75) is 37.8 Å². The standard InChI is InChI=1S/C21H25N3O4/c1-3-12-6-4-7-13-17(12)22-20(27)21(13)16-15(14-8-5-9-24(14)21)18(25)23(19(16)26)10-11-28-2/h4,6-7,14-16H,3,5,8-11H2,1-2H3,(H,22,27). The molecule has 0 bridgehead atoms. The molecule has 7 heteroatoms. The number of likely N-dealkylation sites (tertiary alicyclic amines) is 1. The van der Waals surface area contributed by atoms with Crippen LogP contribution in [0, 0.1) is 11.8 Å². The zero-order valence-corrected chi connectivity index (χ0v) is 16.2. The summed E-state index contributed by atoms with van der Waals surface area (Å²) in [6.07, 6.45) is 2.57. The monoisotopic (exact) mass is 383 g/mol. The quantitative estimate of drug-likeness (QED) is 0.789. The number of amides is 3. The number of imide groups is 1. The van der Waals surface area contributed by atoms with Gasteiger partial charge in [-0.25, -0.2) is 0 Å². The van der Waals surface area contributed by atoms with Crippen molar-refractivity contribution in [2.24, 2.45) is 11.8 Å². The van der Waals surface area contributed by atoms with Gasteiger partial charge in [-0.15, -0.1) is 0 Å². The number of carbonyl (C=O) groups excluding carboxylic acids is 3. The predicted octanol–water partition coefficient (Wildman–Crippen LogP) is 1.12. The Hall–Kier alpha value is -2.25. The summed E-state index contributed by atoms with van der Waals surface area (Å²) in [4.78, 5) is 43.7. The summed E-state index contributed by atoms with van der Waals surface area (Å²) < 4.78 is 5.10. The van der Waals surface area contributed by atoms with Crippen molar-refractivity contribution in [3.8, 4) is 0 Å². The fourth-order valence-electron chi connectivity index (χ4n) is 6.05. The van der Waals surface area contributed by atoms with Gasteiger partial charge < -0.3 is 10.1 Å². The van der Waals surface area contributed by atoms with Gasteiger partial charge in [0.25, 0.3) is 0 Å². The minimum atomic E-state index is -1.07. The van der Waals surface area contributed by atoms with Crippen LogP contribution >= 0.6 is 0 Å². The van der Waals surface area contributed by atoms with E-state index >= 15 is 0 Å². The van der Waals surface area contributed by atoms with Crippen LogP contribution in [-0.4, -0.2) is 60.4 Å². The first-order chi connectivity index (χ1) is 13.6. The fraction of sp³-hybridized carbons (Fsp3) is 0.571. The minimum Gasteiger partial charge on any atom is -0.383 e. The summed E-state index contributed by atoms with van der Waals surface area (Å²) in [6.45, 7) is 3.34. The molecular weight excluding hydrogens is 358 g/mol. The van der Waals surface area contributed by atoms with Gasteiger partial charge in [0.15, 0.2) is 0 Å². The van der Waals surface area contributed by atoms with E-state index in [0.29, 0.717) is 6.61 Å². The van der Waals surface area contributed by atoms with Crippen LogP contribution in [-0.2, 0) is 31.1 Å². The smallest absolute Gasteiger partial charge is 0.250 e. The first-order valence-corrected chi connectivity index (χ1v) is 10.1. The van der Waals surface area contributed by atoms with Crippen molar-refractivity contribution < 1.29 is 19.1 Å². The van der Waals surface area contributed by atoms with Gasteiger partial charge in [0.05, 0.1) is 25.0 Å². The number of ether oxygens (including phenoxy) is 1. The molecule has 0 radical (unpaired) electrons. The maximum absolute atomic E-state index is 13.5. The molecule has 4 aliphatic heterocycles. The number of aryl methyl sites for hydroxylation is 1. The molecule has 3 amide bonds. The second-order valence-electron chi connectivity index (χ2n) is 8.14. The zero-order chi connectivity index (χ0) is 19.6. The van der Waals surface area contributed by atoms with E-state index in [-0.39, 0.29) is 30.3 Å². The molecule has 1 N–H and O–H groups in total. The van der Waals surface area contributed by atoms with Gasteiger partial charge in [-0.05, 0) is 31.4 Å². The third kappa shape index (κ3) is 1.93. The van der Waals surface area contributed by atoms with Crippen LogP contribution in [0.5, 0.6) is 0 Å². The molecule has 0 aliphatic carbocycles. The van der Waals surface area contributed by atoms with E-state index in [1.54, 1.807) is 7.11 Å². The highest BCUT2D eigenvalue weighted by atomic mass is 16.5. The van der Waals surface area contributed by atoms with Gasteiger partial charge in [-0.2, -0.15) is 0 Å². The molecule has 3 saturated heterocycles. The molecule has 5 rings (SSSR count). The number of para-hydroxylation sites is 1. The van der Waals surface area contributed by atoms with Crippen LogP contribution in [0.3, 0.4) is 0 Å². The molecule has 4 atom stereocenters. The highest BCUT2D eigenvalue weighted by molar-refractivity contribution is 6.15. The number of nitrogens with zero attached hydrogens (tertiary/aromatic N) is 2. The maximum atomic E-state index is 13.5. The number of fused-ring (bicyclic) bond motifs is 7. The summed E-state index contributed by atoms with van der Waals surface area (Å²) in [7, 11) is 1.55. The van der Waals surface area contributed by atoms with Crippen molar-refractivity contribution in [3.63, 3.8) is 0 Å². The number of benzene rings is 1. The lowest BCUT2D eigenvalue weighted by molar-refractivity contribution is -0.146. The lowest BCUT2D eigenvalue weighted by Crippen LogP contribution is -2.54. The highest BCUT2D eigenvalue weighted by Crippen LogP contribution is 2.60. The van der Waals surface area contributed by atoms with Crippen LogP contribution in [0.4, 0.5) is 5.69 Å². The van der Waals surface area contributed by atoms with Crippen LogP contribution in [0.25, 0.3) is 0 Å². The van der Waals surface area contributed by atoms with Crippen LogP contribution in [0.15, 0.2) is 18.2 Å². The number of nitrogens with one attached hydrogen (secondary N) is 1. The van der Waals surface area contributed by atoms with Crippen molar-refractivity contribution >= 4 is 23.4 Å². The summed E-state index contributed by atoms with van der Waals surface area (Å²) in [5, 5.41) is 3.08. The van der Waals surface area contributed by atoms with E-state index in [0.717, 1.165) is 42.6 Å². The third-order valence-electron chi connectivity index (χ3n) is 7.11. The fourth-order valence-corrected chi connectivity index (χ4v) is 6.05. The number of anilines is 1. The predicted molar refractivity (Wildman–Crippen MR) is 101 cm³/mol. The van der Waals surface area contributed by atoms with Crippen LogP contribution in [0.2, 0.25) is 0 Å². The molecule has 28 heavy (non-hydrogen) atoms. The topological polar surface area (TPSA) is 79.0 Å². The number of rotatable bonds is 4. The number of hydrogen-bond donors (Lipinski definition) is 1. The maximum Gasteiger partial charge on any atom is 0.250 e. The van der Waals surface area contributed by atoms with Gasteiger partial charge in [-0.3, -0.25) is 24.2 Å². The van der Waals surface area contributed by atoms with Crippen molar-refractivity contribution in [1.29, 1.82) is 0 Å². The van der Waals surface area contributed by atoms with Gasteiger partial charge in [0.1, 0.15) is 5.54 Å².